The molecule has 0 saturated heterocycles. The second-order valence-electron chi connectivity index (χ2n) is 5.14. The number of hydrogen-bond acceptors (Lipinski definition) is 5. The van der Waals surface area contributed by atoms with Crippen LogP contribution >= 0.6 is 0 Å². The van der Waals surface area contributed by atoms with E-state index >= 15 is 0 Å². The molecule has 2 amide bonds. The summed E-state index contributed by atoms with van der Waals surface area (Å²) in [6.45, 7) is 0.640. The molecule has 0 unspecified atom stereocenters. The van der Waals surface area contributed by atoms with Crippen LogP contribution in [-0.2, 0) is 0 Å². The Kier molecular flexibility index (Phi) is 5.10. The van der Waals surface area contributed by atoms with E-state index in [9.17, 15) is 9.59 Å². The van der Waals surface area contributed by atoms with Crippen molar-refractivity contribution in [3.63, 3.8) is 0 Å². The van der Waals surface area contributed by atoms with E-state index in [1.807, 2.05) is 6.07 Å². The van der Waals surface area contributed by atoms with E-state index in [0.717, 1.165) is 5.69 Å². The summed E-state index contributed by atoms with van der Waals surface area (Å²) >= 11 is 0. The molecule has 0 aliphatic rings. The summed E-state index contributed by atoms with van der Waals surface area (Å²) in [4.78, 5) is 31.8. The van der Waals surface area contributed by atoms with Crippen molar-refractivity contribution in [1.29, 1.82) is 0 Å². The van der Waals surface area contributed by atoms with Crippen molar-refractivity contribution < 1.29 is 9.59 Å². The molecule has 0 atom stereocenters. The Hall–Kier alpha value is -3.55. The average molecular weight is 336 g/mol. The number of rotatable bonds is 6. The van der Waals surface area contributed by atoms with Crippen LogP contribution in [0.15, 0.2) is 61.4 Å². The van der Waals surface area contributed by atoms with Crippen LogP contribution in [0.2, 0.25) is 0 Å². The molecule has 8 heteroatoms. The molecule has 3 aromatic rings. The first-order valence-electron chi connectivity index (χ1n) is 7.65. The average Bonchev–Trinajstić information content (AvgIpc) is 3.20. The molecule has 2 N–H and O–H groups in total. The SMILES string of the molecule is O=C(NCCNC(=O)c1cccc(-n2cncn2)c1)c1cccnc1. The number of pyridine rings is 1. The van der Waals surface area contributed by atoms with Crippen molar-refractivity contribution in [1.82, 2.24) is 30.4 Å². The second-order valence-corrected chi connectivity index (χ2v) is 5.14. The van der Waals surface area contributed by atoms with Crippen molar-refractivity contribution in [3.05, 3.63) is 72.6 Å². The quantitative estimate of drug-likeness (QED) is 0.649. The molecule has 0 bridgehead atoms. The minimum Gasteiger partial charge on any atom is -0.350 e. The van der Waals surface area contributed by atoms with Crippen LogP contribution in [0.1, 0.15) is 20.7 Å². The first kappa shape index (κ1) is 16.3. The Balaban J connectivity index is 1.50. The molecule has 2 aromatic heterocycles. The molecule has 0 radical (unpaired) electrons. The first-order chi connectivity index (χ1) is 12.2. The highest BCUT2D eigenvalue weighted by Crippen LogP contribution is 2.08. The standard InChI is InChI=1S/C17H16N6O2/c24-16(13-3-1-5-15(9-13)23-12-19-11-22-23)20-7-8-21-17(25)14-4-2-6-18-10-14/h1-6,9-12H,7-8H2,(H,20,24)(H,21,25). The van der Waals surface area contributed by atoms with Crippen molar-refractivity contribution in [2.75, 3.05) is 13.1 Å². The molecule has 0 fully saturated rings. The van der Waals surface area contributed by atoms with E-state index in [0.29, 0.717) is 24.2 Å². The van der Waals surface area contributed by atoms with Gasteiger partial charge in [-0.3, -0.25) is 14.6 Å². The predicted molar refractivity (Wildman–Crippen MR) is 90.3 cm³/mol. The third kappa shape index (κ3) is 4.25. The van der Waals surface area contributed by atoms with E-state index in [-0.39, 0.29) is 11.8 Å². The number of aromatic nitrogens is 4. The molecule has 0 aliphatic heterocycles. The summed E-state index contributed by atoms with van der Waals surface area (Å²) in [5.74, 6) is -0.451. The monoisotopic (exact) mass is 336 g/mol. The smallest absolute Gasteiger partial charge is 0.252 e. The molecule has 25 heavy (non-hydrogen) atoms. The summed E-state index contributed by atoms with van der Waals surface area (Å²) in [5.41, 5.74) is 1.73. The molecule has 0 saturated carbocycles. The maximum absolute atomic E-state index is 12.2. The maximum atomic E-state index is 12.2. The highest BCUT2D eigenvalue weighted by atomic mass is 16.2. The third-order valence-electron chi connectivity index (χ3n) is 3.41. The summed E-state index contributed by atoms with van der Waals surface area (Å²) in [7, 11) is 0. The molecule has 1 aromatic carbocycles. The lowest BCUT2D eigenvalue weighted by atomic mass is 10.2. The number of hydrogen-bond donors (Lipinski definition) is 2. The lowest BCUT2D eigenvalue weighted by molar-refractivity contribution is 0.0927. The van der Waals surface area contributed by atoms with Crippen molar-refractivity contribution >= 4 is 11.8 Å². The van der Waals surface area contributed by atoms with Crippen molar-refractivity contribution in [3.8, 4) is 5.69 Å². The van der Waals surface area contributed by atoms with Gasteiger partial charge in [-0.25, -0.2) is 9.67 Å². The van der Waals surface area contributed by atoms with E-state index in [1.54, 1.807) is 47.5 Å². The predicted octanol–water partition coefficient (Wildman–Crippen LogP) is 0.822. The molecular formula is C17H16N6O2. The Bertz CT molecular complexity index is 849. The third-order valence-corrected chi connectivity index (χ3v) is 3.41. The lowest BCUT2D eigenvalue weighted by Gasteiger charge is -2.08. The fraction of sp³-hybridized carbons (Fsp3) is 0.118. The van der Waals surface area contributed by atoms with Gasteiger partial charge >= 0.3 is 0 Å². The highest BCUT2D eigenvalue weighted by molar-refractivity contribution is 5.95. The number of benzene rings is 1. The number of nitrogens with one attached hydrogen (secondary N) is 2. The van der Waals surface area contributed by atoms with Gasteiger partial charge in [-0.15, -0.1) is 0 Å². The Labute approximate surface area is 143 Å². The largest absolute Gasteiger partial charge is 0.350 e. The summed E-state index contributed by atoms with van der Waals surface area (Å²) in [5, 5.41) is 9.52. The van der Waals surface area contributed by atoms with Crippen LogP contribution in [0, 0.1) is 0 Å². The highest BCUT2D eigenvalue weighted by Gasteiger charge is 2.08. The van der Waals surface area contributed by atoms with Crippen LogP contribution in [0.25, 0.3) is 5.69 Å². The summed E-state index contributed by atoms with van der Waals surface area (Å²) < 4.78 is 1.57. The van der Waals surface area contributed by atoms with Gasteiger partial charge in [-0.1, -0.05) is 6.07 Å². The van der Waals surface area contributed by atoms with E-state index < -0.39 is 0 Å². The summed E-state index contributed by atoms with van der Waals surface area (Å²) in [6.07, 6.45) is 6.08. The van der Waals surface area contributed by atoms with Gasteiger partial charge in [0.1, 0.15) is 12.7 Å². The zero-order valence-corrected chi connectivity index (χ0v) is 13.3. The van der Waals surface area contributed by atoms with Gasteiger partial charge in [0, 0.05) is 31.0 Å². The Morgan fingerprint density at radius 3 is 2.40 bits per heavy atom. The van der Waals surface area contributed by atoms with Gasteiger partial charge < -0.3 is 10.6 Å². The number of amides is 2. The minimum atomic E-state index is -0.226. The fourth-order valence-corrected chi connectivity index (χ4v) is 2.18. The Morgan fingerprint density at radius 2 is 1.72 bits per heavy atom. The Morgan fingerprint density at radius 1 is 0.960 bits per heavy atom. The van der Waals surface area contributed by atoms with Crippen LogP contribution in [0.5, 0.6) is 0 Å². The number of carbonyl (C=O) groups excluding carboxylic acids is 2. The van der Waals surface area contributed by atoms with Crippen LogP contribution in [0.3, 0.4) is 0 Å². The van der Waals surface area contributed by atoms with Gasteiger partial charge in [0.2, 0.25) is 0 Å². The summed E-state index contributed by atoms with van der Waals surface area (Å²) in [6, 6.07) is 10.4. The van der Waals surface area contributed by atoms with Crippen LogP contribution in [-0.4, -0.2) is 44.7 Å². The fourth-order valence-electron chi connectivity index (χ4n) is 2.18. The minimum absolute atomic E-state index is 0.224. The molecular weight excluding hydrogens is 320 g/mol. The van der Waals surface area contributed by atoms with E-state index in [2.05, 4.69) is 25.7 Å². The number of nitrogens with zero attached hydrogens (tertiary/aromatic N) is 4. The van der Waals surface area contributed by atoms with E-state index in [1.165, 1.54) is 12.5 Å². The van der Waals surface area contributed by atoms with Gasteiger partial charge in [0.25, 0.3) is 11.8 Å². The van der Waals surface area contributed by atoms with E-state index in [4.69, 9.17) is 0 Å². The van der Waals surface area contributed by atoms with Crippen LogP contribution in [0.4, 0.5) is 0 Å². The lowest BCUT2D eigenvalue weighted by Crippen LogP contribution is -2.34. The zero-order chi connectivity index (χ0) is 17.5. The maximum Gasteiger partial charge on any atom is 0.252 e. The van der Waals surface area contributed by atoms with Gasteiger partial charge in [0.15, 0.2) is 0 Å². The topological polar surface area (TPSA) is 102 Å². The van der Waals surface area contributed by atoms with Crippen molar-refractivity contribution in [2.24, 2.45) is 0 Å². The molecule has 126 valence electrons. The number of carbonyl (C=O) groups is 2. The second kappa shape index (κ2) is 7.82. The van der Waals surface area contributed by atoms with Gasteiger partial charge in [-0.05, 0) is 30.3 Å². The first-order valence-corrected chi connectivity index (χ1v) is 7.65. The molecule has 2 heterocycles. The normalized spacial score (nSPS) is 10.2. The molecule has 8 nitrogen and oxygen atoms in total. The van der Waals surface area contributed by atoms with Crippen LogP contribution < -0.4 is 10.6 Å². The molecule has 0 aliphatic carbocycles. The van der Waals surface area contributed by atoms with Gasteiger partial charge in [-0.2, -0.15) is 5.10 Å². The zero-order valence-electron chi connectivity index (χ0n) is 13.3. The van der Waals surface area contributed by atoms with Gasteiger partial charge in [0.05, 0.1) is 11.3 Å². The molecule has 0 spiro atoms. The molecule has 3 rings (SSSR count). The van der Waals surface area contributed by atoms with Crippen molar-refractivity contribution in [2.45, 2.75) is 0 Å².